The molecular formula is C11H20N4O2S. The Hall–Kier alpha value is -1.37. The maximum absolute atomic E-state index is 11.7. The second-order valence-electron chi connectivity index (χ2n) is 3.94. The van der Waals surface area contributed by atoms with Crippen LogP contribution < -0.4 is 22.3 Å². The minimum absolute atomic E-state index is 0.221. The van der Waals surface area contributed by atoms with Crippen molar-refractivity contribution in [2.75, 3.05) is 29.6 Å². The molecule has 0 unspecified atom stereocenters. The molecule has 0 bridgehead atoms. The van der Waals surface area contributed by atoms with Crippen LogP contribution in [0, 0.1) is 0 Å². The van der Waals surface area contributed by atoms with E-state index in [1.54, 1.807) is 11.8 Å². The monoisotopic (exact) mass is 272 g/mol. The standard InChI is InChI=1S/C11H20N4O2S/c1-3-4-6-15-9(12)8(13-5-7-18-2)10(16)14-11(15)17/h13H,3-7,12H2,1-2H3,(H,14,16,17). The second-order valence-corrected chi connectivity index (χ2v) is 4.93. The molecule has 0 aromatic carbocycles. The quantitative estimate of drug-likeness (QED) is 0.635. The van der Waals surface area contributed by atoms with Crippen LogP contribution in [0.4, 0.5) is 11.5 Å². The van der Waals surface area contributed by atoms with E-state index < -0.39 is 11.2 Å². The van der Waals surface area contributed by atoms with Crippen molar-refractivity contribution in [1.82, 2.24) is 9.55 Å². The molecule has 0 spiro atoms. The van der Waals surface area contributed by atoms with Crippen LogP contribution in [0.1, 0.15) is 19.8 Å². The van der Waals surface area contributed by atoms with Gasteiger partial charge in [-0.25, -0.2) is 4.79 Å². The number of hydrogen-bond donors (Lipinski definition) is 3. The highest BCUT2D eigenvalue weighted by molar-refractivity contribution is 7.98. The first-order chi connectivity index (χ1) is 8.61. The molecule has 0 atom stereocenters. The van der Waals surface area contributed by atoms with Gasteiger partial charge in [0.1, 0.15) is 11.5 Å². The van der Waals surface area contributed by atoms with E-state index >= 15 is 0 Å². The van der Waals surface area contributed by atoms with E-state index in [1.165, 1.54) is 4.57 Å². The van der Waals surface area contributed by atoms with Gasteiger partial charge in [-0.05, 0) is 12.7 Å². The molecule has 6 nitrogen and oxygen atoms in total. The third kappa shape index (κ3) is 3.56. The Labute approximate surface area is 110 Å². The maximum atomic E-state index is 11.7. The molecule has 1 rings (SSSR count). The average molecular weight is 272 g/mol. The normalized spacial score (nSPS) is 10.6. The van der Waals surface area contributed by atoms with Gasteiger partial charge in [0.05, 0.1) is 0 Å². The first-order valence-corrected chi connectivity index (χ1v) is 7.36. The van der Waals surface area contributed by atoms with Crippen molar-refractivity contribution in [2.24, 2.45) is 0 Å². The molecule has 1 aromatic rings. The number of nitrogens with zero attached hydrogens (tertiary/aromatic N) is 1. The number of aromatic amines is 1. The molecule has 0 fully saturated rings. The summed E-state index contributed by atoms with van der Waals surface area (Å²) in [4.78, 5) is 25.6. The van der Waals surface area contributed by atoms with Crippen LogP contribution in [0.2, 0.25) is 0 Å². The van der Waals surface area contributed by atoms with Gasteiger partial charge in [-0.15, -0.1) is 0 Å². The molecule has 7 heteroatoms. The van der Waals surface area contributed by atoms with Crippen molar-refractivity contribution >= 4 is 23.3 Å². The summed E-state index contributed by atoms with van der Waals surface area (Å²) in [6, 6.07) is 0. The summed E-state index contributed by atoms with van der Waals surface area (Å²) in [5, 5.41) is 2.98. The van der Waals surface area contributed by atoms with Crippen molar-refractivity contribution in [3.8, 4) is 0 Å². The Bertz CT molecular complexity index is 495. The fraction of sp³-hybridized carbons (Fsp3) is 0.636. The SMILES string of the molecule is CCCCn1c(N)c(NCCSC)c(=O)[nH]c1=O. The largest absolute Gasteiger partial charge is 0.383 e. The minimum Gasteiger partial charge on any atom is -0.383 e. The number of nitrogens with two attached hydrogens (primary N) is 1. The van der Waals surface area contributed by atoms with Crippen molar-refractivity contribution in [3.05, 3.63) is 20.8 Å². The number of nitrogen functional groups attached to an aromatic ring is 1. The minimum atomic E-state index is -0.452. The molecule has 0 radical (unpaired) electrons. The number of anilines is 2. The number of hydrogen-bond acceptors (Lipinski definition) is 5. The zero-order chi connectivity index (χ0) is 13.5. The predicted octanol–water partition coefficient (Wildman–Crippen LogP) is 0.694. The van der Waals surface area contributed by atoms with Gasteiger partial charge in [0.15, 0.2) is 0 Å². The summed E-state index contributed by atoms with van der Waals surface area (Å²) in [6.45, 7) is 3.19. The van der Waals surface area contributed by atoms with Crippen LogP contribution in [0.15, 0.2) is 9.59 Å². The highest BCUT2D eigenvalue weighted by Gasteiger charge is 2.11. The fourth-order valence-corrected chi connectivity index (χ4v) is 1.88. The lowest BCUT2D eigenvalue weighted by molar-refractivity contribution is 0.605. The van der Waals surface area contributed by atoms with Crippen LogP contribution in [0.3, 0.4) is 0 Å². The number of aromatic nitrogens is 2. The smallest absolute Gasteiger partial charge is 0.330 e. The zero-order valence-electron chi connectivity index (χ0n) is 10.8. The number of nitrogens with one attached hydrogen (secondary N) is 2. The van der Waals surface area contributed by atoms with Gasteiger partial charge in [-0.2, -0.15) is 11.8 Å². The van der Waals surface area contributed by atoms with Gasteiger partial charge in [-0.3, -0.25) is 14.3 Å². The molecular weight excluding hydrogens is 252 g/mol. The Kier molecular flexibility index (Phi) is 5.84. The third-order valence-electron chi connectivity index (χ3n) is 2.58. The molecule has 0 aliphatic heterocycles. The molecule has 102 valence electrons. The second kappa shape index (κ2) is 7.15. The zero-order valence-corrected chi connectivity index (χ0v) is 11.6. The summed E-state index contributed by atoms with van der Waals surface area (Å²) in [6.07, 6.45) is 3.79. The highest BCUT2D eigenvalue weighted by Crippen LogP contribution is 2.10. The van der Waals surface area contributed by atoms with Crippen LogP contribution in [0.25, 0.3) is 0 Å². The van der Waals surface area contributed by atoms with Crippen molar-refractivity contribution in [1.29, 1.82) is 0 Å². The molecule has 4 N–H and O–H groups in total. The molecule has 18 heavy (non-hydrogen) atoms. The number of unbranched alkanes of at least 4 members (excludes halogenated alkanes) is 1. The molecule has 0 saturated heterocycles. The Morgan fingerprint density at radius 1 is 1.44 bits per heavy atom. The molecule has 0 amide bonds. The van der Waals surface area contributed by atoms with Crippen LogP contribution in [-0.4, -0.2) is 28.1 Å². The Morgan fingerprint density at radius 2 is 2.17 bits per heavy atom. The predicted molar refractivity (Wildman–Crippen MR) is 77.5 cm³/mol. The summed E-state index contributed by atoms with van der Waals surface area (Å²) in [5.74, 6) is 1.09. The molecule has 1 aromatic heterocycles. The maximum Gasteiger partial charge on any atom is 0.330 e. The van der Waals surface area contributed by atoms with Gasteiger partial charge in [0.2, 0.25) is 0 Å². The van der Waals surface area contributed by atoms with E-state index in [4.69, 9.17) is 5.73 Å². The van der Waals surface area contributed by atoms with Crippen molar-refractivity contribution in [3.63, 3.8) is 0 Å². The summed E-state index contributed by atoms with van der Waals surface area (Å²) < 4.78 is 1.41. The van der Waals surface area contributed by atoms with Crippen molar-refractivity contribution in [2.45, 2.75) is 26.3 Å². The number of rotatable bonds is 7. The van der Waals surface area contributed by atoms with E-state index in [9.17, 15) is 9.59 Å². The van der Waals surface area contributed by atoms with Crippen LogP contribution in [0.5, 0.6) is 0 Å². The Morgan fingerprint density at radius 3 is 2.78 bits per heavy atom. The fourth-order valence-electron chi connectivity index (χ4n) is 1.57. The van der Waals surface area contributed by atoms with Gasteiger partial charge >= 0.3 is 5.69 Å². The summed E-state index contributed by atoms with van der Waals surface area (Å²) >= 11 is 1.67. The molecule has 1 heterocycles. The summed E-state index contributed by atoms with van der Waals surface area (Å²) in [5.41, 5.74) is 5.28. The number of H-pyrrole nitrogens is 1. The van der Waals surface area contributed by atoms with Crippen molar-refractivity contribution < 1.29 is 0 Å². The lowest BCUT2D eigenvalue weighted by Crippen LogP contribution is -2.34. The topological polar surface area (TPSA) is 92.9 Å². The van der Waals surface area contributed by atoms with E-state index in [1.807, 2.05) is 13.2 Å². The number of thioether (sulfide) groups is 1. The van der Waals surface area contributed by atoms with Crippen LogP contribution in [-0.2, 0) is 6.54 Å². The first kappa shape index (κ1) is 14.7. The summed E-state index contributed by atoms with van der Waals surface area (Å²) in [7, 11) is 0. The van der Waals surface area contributed by atoms with Gasteiger partial charge in [0.25, 0.3) is 5.56 Å². The molecule has 0 aliphatic carbocycles. The average Bonchev–Trinajstić information content (AvgIpc) is 2.33. The van der Waals surface area contributed by atoms with E-state index in [0.717, 1.165) is 18.6 Å². The lowest BCUT2D eigenvalue weighted by atomic mass is 10.3. The van der Waals surface area contributed by atoms with E-state index in [-0.39, 0.29) is 5.82 Å². The van der Waals surface area contributed by atoms with Gasteiger partial charge in [0, 0.05) is 18.8 Å². The van der Waals surface area contributed by atoms with Gasteiger partial charge in [-0.1, -0.05) is 13.3 Å². The van der Waals surface area contributed by atoms with Gasteiger partial charge < -0.3 is 11.1 Å². The first-order valence-electron chi connectivity index (χ1n) is 5.97. The van der Waals surface area contributed by atoms with E-state index in [0.29, 0.717) is 18.8 Å². The van der Waals surface area contributed by atoms with E-state index in [2.05, 4.69) is 10.3 Å². The highest BCUT2D eigenvalue weighted by atomic mass is 32.2. The Balaban J connectivity index is 3.02. The van der Waals surface area contributed by atoms with Crippen LogP contribution >= 0.6 is 11.8 Å². The molecule has 0 aliphatic rings. The third-order valence-corrected chi connectivity index (χ3v) is 3.20. The lowest BCUT2D eigenvalue weighted by Gasteiger charge is -2.13. The molecule has 0 saturated carbocycles.